The molecular weight excluding hydrogens is 280 g/mol. The molecule has 1 aromatic heterocycles. The number of aryl methyl sites for hydroxylation is 1. The molecule has 1 aromatic rings. The van der Waals surface area contributed by atoms with Crippen molar-refractivity contribution in [3.8, 4) is 0 Å². The van der Waals surface area contributed by atoms with Gasteiger partial charge < -0.3 is 9.84 Å². The van der Waals surface area contributed by atoms with Crippen molar-refractivity contribution in [1.29, 1.82) is 0 Å². The van der Waals surface area contributed by atoms with Crippen LogP contribution in [0.1, 0.15) is 50.1 Å². The molecule has 1 amide bonds. The van der Waals surface area contributed by atoms with E-state index in [9.17, 15) is 14.7 Å². The summed E-state index contributed by atoms with van der Waals surface area (Å²) in [5.41, 5.74) is 0.00435. The molecule has 1 heterocycles. The predicted molar refractivity (Wildman–Crippen MR) is 75.3 cm³/mol. The predicted octanol–water partition coefficient (Wildman–Crippen LogP) is 2.99. The van der Waals surface area contributed by atoms with Gasteiger partial charge in [-0.1, -0.05) is 0 Å². The van der Waals surface area contributed by atoms with Crippen molar-refractivity contribution >= 4 is 28.5 Å². The van der Waals surface area contributed by atoms with Crippen LogP contribution in [-0.2, 0) is 16.0 Å². The highest BCUT2D eigenvalue weighted by molar-refractivity contribution is 7.15. The SMILES string of the molecule is CC(C)(C)OC(=O)Nc1nc2c(s1)CCC[C@H]2C(=O)O. The van der Waals surface area contributed by atoms with Crippen molar-refractivity contribution in [1.82, 2.24) is 4.98 Å². The summed E-state index contributed by atoms with van der Waals surface area (Å²) in [5, 5.41) is 12.2. The summed E-state index contributed by atoms with van der Waals surface area (Å²) in [6.07, 6.45) is 1.67. The molecule has 1 aliphatic rings. The summed E-state index contributed by atoms with van der Waals surface area (Å²) in [4.78, 5) is 28.1. The van der Waals surface area contributed by atoms with Crippen molar-refractivity contribution < 1.29 is 19.4 Å². The Labute approximate surface area is 121 Å². The van der Waals surface area contributed by atoms with Gasteiger partial charge in [-0.15, -0.1) is 11.3 Å². The number of nitrogens with one attached hydrogen (secondary N) is 1. The molecule has 0 saturated heterocycles. The molecule has 0 radical (unpaired) electrons. The molecule has 0 unspecified atom stereocenters. The topological polar surface area (TPSA) is 88.5 Å². The van der Waals surface area contributed by atoms with E-state index in [1.165, 1.54) is 11.3 Å². The first-order valence-corrected chi connectivity index (χ1v) is 7.30. The lowest BCUT2D eigenvalue weighted by atomic mass is 9.91. The Balaban J connectivity index is 2.12. The van der Waals surface area contributed by atoms with Gasteiger partial charge >= 0.3 is 12.1 Å². The zero-order valence-corrected chi connectivity index (χ0v) is 12.5. The number of carbonyl (C=O) groups excluding carboxylic acids is 1. The maximum atomic E-state index is 11.7. The normalized spacial score (nSPS) is 18.2. The van der Waals surface area contributed by atoms with Crippen LogP contribution in [0, 0.1) is 0 Å². The minimum atomic E-state index is -0.861. The molecule has 1 aliphatic carbocycles. The van der Waals surface area contributed by atoms with E-state index in [0.29, 0.717) is 17.2 Å². The van der Waals surface area contributed by atoms with Gasteiger partial charge in [0.2, 0.25) is 0 Å². The number of hydrogen-bond acceptors (Lipinski definition) is 5. The lowest BCUT2D eigenvalue weighted by molar-refractivity contribution is -0.139. The van der Waals surface area contributed by atoms with E-state index < -0.39 is 23.6 Å². The summed E-state index contributed by atoms with van der Waals surface area (Å²) < 4.78 is 5.15. The molecule has 1 atom stereocenters. The summed E-state index contributed by atoms with van der Waals surface area (Å²) in [6, 6.07) is 0. The van der Waals surface area contributed by atoms with Gasteiger partial charge in [-0.3, -0.25) is 10.1 Å². The minimum absolute atomic E-state index is 0.400. The largest absolute Gasteiger partial charge is 0.481 e. The van der Waals surface area contributed by atoms with E-state index >= 15 is 0 Å². The average molecular weight is 298 g/mol. The zero-order chi connectivity index (χ0) is 14.9. The number of hydrogen-bond donors (Lipinski definition) is 2. The third-order valence-corrected chi connectivity index (χ3v) is 3.91. The molecular formula is C13H18N2O4S. The molecule has 7 heteroatoms. The Kier molecular flexibility index (Phi) is 3.99. The van der Waals surface area contributed by atoms with Crippen molar-refractivity contribution in [2.45, 2.75) is 51.6 Å². The Morgan fingerprint density at radius 2 is 2.15 bits per heavy atom. The average Bonchev–Trinajstić information content (AvgIpc) is 2.67. The van der Waals surface area contributed by atoms with Crippen molar-refractivity contribution in [3.05, 3.63) is 10.6 Å². The zero-order valence-electron chi connectivity index (χ0n) is 11.7. The highest BCUT2D eigenvalue weighted by Gasteiger charge is 2.30. The Bertz CT molecular complexity index is 533. The molecule has 0 bridgehead atoms. The maximum Gasteiger partial charge on any atom is 0.413 e. The summed E-state index contributed by atoms with van der Waals surface area (Å²) in [5.74, 6) is -1.43. The molecule has 0 saturated carbocycles. The number of thiazole rings is 1. The van der Waals surface area contributed by atoms with Crippen LogP contribution in [0.3, 0.4) is 0 Å². The van der Waals surface area contributed by atoms with Gasteiger partial charge in [-0.25, -0.2) is 9.78 Å². The molecule has 2 N–H and O–H groups in total. The van der Waals surface area contributed by atoms with Gasteiger partial charge in [-0.05, 0) is 40.0 Å². The summed E-state index contributed by atoms with van der Waals surface area (Å²) in [7, 11) is 0. The van der Waals surface area contributed by atoms with Crippen LogP contribution in [0.5, 0.6) is 0 Å². The third kappa shape index (κ3) is 3.47. The molecule has 0 spiro atoms. The van der Waals surface area contributed by atoms with Gasteiger partial charge in [0.05, 0.1) is 5.69 Å². The lowest BCUT2D eigenvalue weighted by Gasteiger charge is -2.18. The Morgan fingerprint density at radius 3 is 2.75 bits per heavy atom. The number of carboxylic acids is 1. The second-order valence-corrected chi connectivity index (χ2v) is 6.82. The molecule has 0 aliphatic heterocycles. The fraction of sp³-hybridized carbons (Fsp3) is 0.615. The number of carbonyl (C=O) groups is 2. The van der Waals surface area contributed by atoms with E-state index in [4.69, 9.17) is 4.74 Å². The number of ether oxygens (including phenoxy) is 1. The number of anilines is 1. The number of nitrogens with zero attached hydrogens (tertiary/aromatic N) is 1. The molecule has 0 fully saturated rings. The number of rotatable bonds is 2. The van der Waals surface area contributed by atoms with Crippen LogP contribution < -0.4 is 5.32 Å². The van der Waals surface area contributed by atoms with Crippen LogP contribution in [0.4, 0.5) is 9.93 Å². The van der Waals surface area contributed by atoms with Gasteiger partial charge in [0.1, 0.15) is 11.5 Å². The fourth-order valence-electron chi connectivity index (χ4n) is 2.10. The van der Waals surface area contributed by atoms with Crippen LogP contribution >= 0.6 is 11.3 Å². The van der Waals surface area contributed by atoms with Crippen LogP contribution in [-0.4, -0.2) is 27.8 Å². The van der Waals surface area contributed by atoms with Crippen LogP contribution in [0.2, 0.25) is 0 Å². The molecule has 0 aromatic carbocycles. The smallest absolute Gasteiger partial charge is 0.413 e. The van der Waals surface area contributed by atoms with Gasteiger partial charge in [0, 0.05) is 4.88 Å². The van der Waals surface area contributed by atoms with Crippen LogP contribution in [0.15, 0.2) is 0 Å². The van der Waals surface area contributed by atoms with E-state index in [0.717, 1.165) is 17.7 Å². The minimum Gasteiger partial charge on any atom is -0.481 e. The van der Waals surface area contributed by atoms with Gasteiger partial charge in [0.15, 0.2) is 5.13 Å². The Hall–Kier alpha value is -1.63. The van der Waals surface area contributed by atoms with Gasteiger partial charge in [-0.2, -0.15) is 0 Å². The number of fused-ring (bicyclic) bond motifs is 1. The highest BCUT2D eigenvalue weighted by Crippen LogP contribution is 2.36. The second kappa shape index (κ2) is 5.40. The van der Waals surface area contributed by atoms with Crippen molar-refractivity contribution in [2.24, 2.45) is 0 Å². The van der Waals surface area contributed by atoms with Crippen molar-refractivity contribution in [2.75, 3.05) is 5.32 Å². The third-order valence-electron chi connectivity index (χ3n) is 2.86. The number of carboxylic acid groups (broad SMARTS) is 1. The number of amides is 1. The standard InChI is InChI=1S/C13H18N2O4S/c1-13(2,3)19-12(18)15-11-14-9-7(10(16)17)5-4-6-8(9)20-11/h7H,4-6H2,1-3H3,(H,16,17)(H,14,15,18)/t7-/m1/s1. The van der Waals surface area contributed by atoms with Gasteiger partial charge in [0.25, 0.3) is 0 Å². The number of aromatic nitrogens is 1. The van der Waals surface area contributed by atoms with E-state index in [1.54, 1.807) is 20.8 Å². The molecule has 20 heavy (non-hydrogen) atoms. The monoisotopic (exact) mass is 298 g/mol. The molecule has 6 nitrogen and oxygen atoms in total. The highest BCUT2D eigenvalue weighted by atomic mass is 32.1. The van der Waals surface area contributed by atoms with E-state index in [2.05, 4.69) is 10.3 Å². The fourth-order valence-corrected chi connectivity index (χ4v) is 3.15. The first-order valence-electron chi connectivity index (χ1n) is 6.48. The first-order chi connectivity index (χ1) is 9.26. The molecule has 110 valence electrons. The van der Waals surface area contributed by atoms with Crippen molar-refractivity contribution in [3.63, 3.8) is 0 Å². The second-order valence-electron chi connectivity index (χ2n) is 5.74. The summed E-state index contributed by atoms with van der Waals surface area (Å²) in [6.45, 7) is 5.33. The maximum absolute atomic E-state index is 11.7. The Morgan fingerprint density at radius 1 is 1.45 bits per heavy atom. The summed E-state index contributed by atoms with van der Waals surface area (Å²) >= 11 is 1.32. The van der Waals surface area contributed by atoms with E-state index in [1.807, 2.05) is 0 Å². The molecule has 2 rings (SSSR count). The lowest BCUT2D eigenvalue weighted by Crippen LogP contribution is -2.27. The number of aliphatic carboxylic acids is 1. The van der Waals surface area contributed by atoms with Crippen LogP contribution in [0.25, 0.3) is 0 Å². The first kappa shape index (κ1) is 14.8. The quantitative estimate of drug-likeness (QED) is 0.876. The van der Waals surface area contributed by atoms with E-state index in [-0.39, 0.29) is 0 Å².